The average Bonchev–Trinajstić information content (AvgIpc) is 2.33. The number of anilines is 1. The summed E-state index contributed by atoms with van der Waals surface area (Å²) in [6, 6.07) is 5.32. The Balaban J connectivity index is 2.75. The zero-order chi connectivity index (χ0) is 14.5. The number of benzene rings is 1. The molecule has 2 N–H and O–H groups in total. The van der Waals surface area contributed by atoms with Crippen LogP contribution in [-0.4, -0.2) is 39.9 Å². The highest BCUT2D eigenvalue weighted by Crippen LogP contribution is 2.27. The second-order valence-corrected chi connectivity index (χ2v) is 7.56. The summed E-state index contributed by atoms with van der Waals surface area (Å²) in [6.07, 6.45) is 0.758. The van der Waals surface area contributed by atoms with E-state index in [4.69, 9.17) is 0 Å². The first kappa shape index (κ1) is 16.9. The van der Waals surface area contributed by atoms with E-state index in [0.29, 0.717) is 16.7 Å². The fourth-order valence-corrected chi connectivity index (χ4v) is 3.20. The Labute approximate surface area is 131 Å². The number of halogens is 2. The molecule has 19 heavy (non-hydrogen) atoms. The minimum Gasteiger partial charge on any atom is -0.320 e. The van der Waals surface area contributed by atoms with Crippen molar-refractivity contribution in [1.82, 2.24) is 9.62 Å². The van der Waals surface area contributed by atoms with Crippen molar-refractivity contribution in [3.8, 4) is 0 Å². The van der Waals surface area contributed by atoms with Gasteiger partial charge in [-0.3, -0.25) is 4.72 Å². The fourth-order valence-electron chi connectivity index (χ4n) is 1.39. The molecule has 0 aliphatic rings. The summed E-state index contributed by atoms with van der Waals surface area (Å²) in [5.41, 5.74) is 0.509. The zero-order valence-corrected chi connectivity index (χ0v) is 14.8. The third kappa shape index (κ3) is 5.39. The second kappa shape index (κ2) is 7.58. The minimum absolute atomic E-state index is 0.460. The maximum Gasteiger partial charge on any atom is 0.301 e. The molecule has 5 nitrogen and oxygen atoms in total. The lowest BCUT2D eigenvalue weighted by Gasteiger charge is -2.19. The van der Waals surface area contributed by atoms with Gasteiger partial charge in [0.15, 0.2) is 0 Å². The molecule has 0 aromatic heterocycles. The zero-order valence-electron chi connectivity index (χ0n) is 10.8. The Morgan fingerprint density at radius 1 is 1.32 bits per heavy atom. The van der Waals surface area contributed by atoms with Crippen LogP contribution in [0.25, 0.3) is 0 Å². The topological polar surface area (TPSA) is 61.4 Å². The highest BCUT2D eigenvalue weighted by atomic mass is 79.9. The van der Waals surface area contributed by atoms with Crippen LogP contribution in [0.1, 0.15) is 6.42 Å². The van der Waals surface area contributed by atoms with E-state index in [2.05, 4.69) is 41.9 Å². The molecule has 1 rings (SSSR count). The largest absolute Gasteiger partial charge is 0.320 e. The highest BCUT2D eigenvalue weighted by Gasteiger charge is 2.18. The lowest BCUT2D eigenvalue weighted by atomic mass is 10.3. The Morgan fingerprint density at radius 2 is 2.00 bits per heavy atom. The number of nitrogens with zero attached hydrogens (tertiary/aromatic N) is 1. The van der Waals surface area contributed by atoms with E-state index in [1.54, 1.807) is 19.2 Å². The molecule has 0 spiro atoms. The van der Waals surface area contributed by atoms with Gasteiger partial charge in [-0.25, -0.2) is 0 Å². The van der Waals surface area contributed by atoms with Gasteiger partial charge in [0, 0.05) is 22.5 Å². The SMILES string of the molecule is CNCCCN(C)S(=O)(=O)Nc1cc(Br)ccc1Br. The van der Waals surface area contributed by atoms with Crippen LogP contribution in [0.15, 0.2) is 27.1 Å². The van der Waals surface area contributed by atoms with Crippen molar-refractivity contribution in [2.45, 2.75) is 6.42 Å². The average molecular weight is 415 g/mol. The summed E-state index contributed by atoms with van der Waals surface area (Å²) in [6.45, 7) is 1.24. The molecule has 1 aromatic rings. The third-order valence-corrected chi connectivity index (χ3v) is 5.14. The maximum atomic E-state index is 12.1. The molecule has 8 heteroatoms. The highest BCUT2D eigenvalue weighted by molar-refractivity contribution is 9.11. The molecule has 0 saturated heterocycles. The second-order valence-electron chi connectivity index (χ2n) is 4.01. The Kier molecular flexibility index (Phi) is 6.75. The van der Waals surface area contributed by atoms with Gasteiger partial charge in [0.05, 0.1) is 5.69 Å². The van der Waals surface area contributed by atoms with Gasteiger partial charge in [-0.2, -0.15) is 12.7 Å². The van der Waals surface area contributed by atoms with Crippen molar-refractivity contribution < 1.29 is 8.42 Å². The molecule has 0 atom stereocenters. The standard InChI is InChI=1S/C11H17Br2N3O2S/c1-14-6-3-7-16(2)19(17,18)15-11-8-9(12)4-5-10(11)13/h4-5,8,14-15H,3,6-7H2,1-2H3. The molecular formula is C11H17Br2N3O2S. The van der Waals surface area contributed by atoms with Gasteiger partial charge >= 0.3 is 10.2 Å². The van der Waals surface area contributed by atoms with Crippen molar-refractivity contribution in [1.29, 1.82) is 0 Å². The fraction of sp³-hybridized carbons (Fsp3) is 0.455. The van der Waals surface area contributed by atoms with Gasteiger partial charge in [0.25, 0.3) is 0 Å². The van der Waals surface area contributed by atoms with Crippen molar-refractivity contribution in [2.24, 2.45) is 0 Å². The molecular weight excluding hydrogens is 398 g/mol. The van der Waals surface area contributed by atoms with Crippen LogP contribution in [0, 0.1) is 0 Å². The van der Waals surface area contributed by atoms with E-state index in [1.165, 1.54) is 4.31 Å². The van der Waals surface area contributed by atoms with Crippen LogP contribution in [0.3, 0.4) is 0 Å². The van der Waals surface area contributed by atoms with Crippen LogP contribution < -0.4 is 10.0 Å². The molecule has 108 valence electrons. The Hall–Kier alpha value is -0.150. The first-order chi connectivity index (χ1) is 8.86. The number of hydrogen-bond donors (Lipinski definition) is 2. The summed E-state index contributed by atoms with van der Waals surface area (Å²) in [5.74, 6) is 0. The number of nitrogens with one attached hydrogen (secondary N) is 2. The van der Waals surface area contributed by atoms with Crippen molar-refractivity contribution in [3.05, 3.63) is 27.1 Å². The molecule has 0 fully saturated rings. The smallest absolute Gasteiger partial charge is 0.301 e. The van der Waals surface area contributed by atoms with Gasteiger partial charge in [0.2, 0.25) is 0 Å². The minimum atomic E-state index is -3.53. The molecule has 0 aliphatic carbocycles. The third-order valence-electron chi connectivity index (χ3n) is 2.48. The normalized spacial score (nSPS) is 11.8. The molecule has 1 aromatic carbocycles. The van der Waals surface area contributed by atoms with E-state index < -0.39 is 10.2 Å². The van der Waals surface area contributed by atoms with Crippen molar-refractivity contribution in [2.75, 3.05) is 31.9 Å². The van der Waals surface area contributed by atoms with Crippen molar-refractivity contribution in [3.63, 3.8) is 0 Å². The monoisotopic (exact) mass is 413 g/mol. The first-order valence-corrected chi connectivity index (χ1v) is 8.73. The van der Waals surface area contributed by atoms with Crippen LogP contribution in [0.5, 0.6) is 0 Å². The van der Waals surface area contributed by atoms with E-state index >= 15 is 0 Å². The maximum absolute atomic E-state index is 12.1. The molecule has 0 aliphatic heterocycles. The quantitative estimate of drug-likeness (QED) is 0.673. The van der Waals surface area contributed by atoms with E-state index in [-0.39, 0.29) is 0 Å². The lowest BCUT2D eigenvalue weighted by molar-refractivity contribution is 0.462. The first-order valence-electron chi connectivity index (χ1n) is 5.70. The lowest BCUT2D eigenvalue weighted by Crippen LogP contribution is -2.34. The molecule has 0 amide bonds. The molecule has 0 heterocycles. The summed E-state index contributed by atoms with van der Waals surface area (Å²) in [4.78, 5) is 0. The van der Waals surface area contributed by atoms with Crippen LogP contribution in [-0.2, 0) is 10.2 Å². The van der Waals surface area contributed by atoms with Gasteiger partial charge in [-0.15, -0.1) is 0 Å². The van der Waals surface area contributed by atoms with Crippen LogP contribution in [0.2, 0.25) is 0 Å². The summed E-state index contributed by atoms with van der Waals surface area (Å²) in [5, 5.41) is 2.99. The Morgan fingerprint density at radius 3 is 2.63 bits per heavy atom. The van der Waals surface area contributed by atoms with E-state index in [0.717, 1.165) is 17.4 Å². The van der Waals surface area contributed by atoms with E-state index in [1.807, 2.05) is 13.1 Å². The molecule has 0 bridgehead atoms. The predicted molar refractivity (Wildman–Crippen MR) is 85.6 cm³/mol. The van der Waals surface area contributed by atoms with Crippen LogP contribution >= 0.6 is 31.9 Å². The summed E-state index contributed by atoms with van der Waals surface area (Å²) in [7, 11) is -0.130. The van der Waals surface area contributed by atoms with Gasteiger partial charge < -0.3 is 5.32 Å². The summed E-state index contributed by atoms with van der Waals surface area (Å²) < 4.78 is 29.6. The van der Waals surface area contributed by atoms with Gasteiger partial charge in [-0.05, 0) is 54.1 Å². The van der Waals surface area contributed by atoms with E-state index in [9.17, 15) is 8.42 Å². The van der Waals surface area contributed by atoms with Crippen molar-refractivity contribution >= 4 is 47.8 Å². The van der Waals surface area contributed by atoms with Crippen LogP contribution in [0.4, 0.5) is 5.69 Å². The predicted octanol–water partition coefficient (Wildman–Crippen LogP) is 2.41. The van der Waals surface area contributed by atoms with Gasteiger partial charge in [0.1, 0.15) is 0 Å². The number of rotatable bonds is 7. The molecule has 0 radical (unpaired) electrons. The Bertz CT molecular complexity index is 523. The molecule has 0 saturated carbocycles. The number of hydrogen-bond acceptors (Lipinski definition) is 3. The molecule has 0 unspecified atom stereocenters. The summed E-state index contributed by atoms with van der Waals surface area (Å²) >= 11 is 6.63. The van der Waals surface area contributed by atoms with Gasteiger partial charge in [-0.1, -0.05) is 15.9 Å².